The van der Waals surface area contributed by atoms with Crippen LogP contribution in [0.15, 0.2) is 65.0 Å². The molecule has 0 unspecified atom stereocenters. The minimum absolute atomic E-state index is 0.0955. The lowest BCUT2D eigenvalue weighted by Gasteiger charge is -2.44. The maximum Gasteiger partial charge on any atom is 0.162 e. The largest absolute Gasteiger partial charge is 0.487 e. The molecule has 188 valence electrons. The molecule has 0 saturated heterocycles. The summed E-state index contributed by atoms with van der Waals surface area (Å²) in [6, 6.07) is 13.1. The normalized spacial score (nSPS) is 21.2. The van der Waals surface area contributed by atoms with E-state index in [2.05, 4.69) is 33.0 Å². The molecular weight excluding hydrogens is 493 g/mol. The Bertz CT molecular complexity index is 1280. The van der Waals surface area contributed by atoms with Crippen LogP contribution in [-0.2, 0) is 16.2 Å². The summed E-state index contributed by atoms with van der Waals surface area (Å²) >= 11 is 13.0. The molecule has 4 nitrogen and oxygen atoms in total. The van der Waals surface area contributed by atoms with Gasteiger partial charge in [-0.3, -0.25) is 9.59 Å². The van der Waals surface area contributed by atoms with Crippen molar-refractivity contribution < 1.29 is 14.3 Å². The lowest BCUT2D eigenvalue weighted by atomic mass is 9.64. The number of benzene rings is 2. The average molecular weight is 524 g/mol. The van der Waals surface area contributed by atoms with E-state index in [1.54, 1.807) is 0 Å². The smallest absolute Gasteiger partial charge is 0.162 e. The van der Waals surface area contributed by atoms with Crippen molar-refractivity contribution in [2.45, 2.75) is 65.9 Å². The first-order chi connectivity index (χ1) is 16.9. The van der Waals surface area contributed by atoms with Gasteiger partial charge in [0.2, 0.25) is 0 Å². The van der Waals surface area contributed by atoms with Crippen molar-refractivity contribution >= 4 is 34.8 Å². The van der Waals surface area contributed by atoms with Crippen molar-refractivity contribution in [3.05, 3.63) is 86.2 Å². The van der Waals surface area contributed by atoms with Gasteiger partial charge in [-0.25, -0.2) is 0 Å². The first-order valence-corrected chi connectivity index (χ1v) is 13.1. The number of allylic oxidation sites excluding steroid dienone is 4. The Hall–Kier alpha value is -2.56. The molecule has 2 aliphatic carbocycles. The second kappa shape index (κ2) is 9.08. The number of carbonyl (C=O) groups excluding carboxylic acids is 2. The molecule has 2 aromatic rings. The van der Waals surface area contributed by atoms with Gasteiger partial charge in [-0.2, -0.15) is 0 Å². The molecular formula is C30H31Cl2NO3. The molecule has 0 fully saturated rings. The van der Waals surface area contributed by atoms with Crippen molar-refractivity contribution in [2.75, 3.05) is 0 Å². The van der Waals surface area contributed by atoms with Gasteiger partial charge in [0.15, 0.2) is 11.6 Å². The number of rotatable bonds is 4. The fourth-order valence-corrected chi connectivity index (χ4v) is 6.24. The standard InChI is InChI=1S/C30H31Cl2NO3/c1-29(2)12-21-27(23(34)14-29)26(28-22(33-21)13-30(3,4)15-24(28)35)17-9-10-25(20(32)11-17)36-16-18-7-5-6-8-19(18)31/h5-11,26,33H,12-16H2,1-4H3. The Morgan fingerprint density at radius 1 is 0.833 bits per heavy atom. The van der Waals surface area contributed by atoms with Crippen LogP contribution in [-0.4, -0.2) is 11.6 Å². The summed E-state index contributed by atoms with van der Waals surface area (Å²) in [5.74, 6) is 0.305. The third-order valence-electron chi connectivity index (χ3n) is 7.35. The van der Waals surface area contributed by atoms with Gasteiger partial charge < -0.3 is 10.1 Å². The second-order valence-electron chi connectivity index (χ2n) is 11.8. The van der Waals surface area contributed by atoms with Gasteiger partial charge in [-0.1, -0.05) is 75.2 Å². The van der Waals surface area contributed by atoms with Crippen LogP contribution in [0.4, 0.5) is 0 Å². The van der Waals surface area contributed by atoms with E-state index in [1.807, 2.05) is 42.5 Å². The second-order valence-corrected chi connectivity index (χ2v) is 12.6. The Kier molecular flexibility index (Phi) is 6.33. The van der Waals surface area contributed by atoms with Crippen LogP contribution in [0.25, 0.3) is 0 Å². The first kappa shape index (κ1) is 25.1. The van der Waals surface area contributed by atoms with Gasteiger partial charge in [0.1, 0.15) is 12.4 Å². The van der Waals surface area contributed by atoms with Crippen molar-refractivity contribution in [1.82, 2.24) is 5.32 Å². The molecule has 3 aliphatic rings. The van der Waals surface area contributed by atoms with E-state index >= 15 is 0 Å². The lowest BCUT2D eigenvalue weighted by Crippen LogP contribution is -2.42. The fraction of sp³-hybridized carbons (Fsp3) is 0.400. The quantitative estimate of drug-likeness (QED) is 0.449. The molecule has 0 amide bonds. The summed E-state index contributed by atoms with van der Waals surface area (Å²) in [5.41, 5.74) is 4.76. The van der Waals surface area contributed by atoms with E-state index in [9.17, 15) is 9.59 Å². The molecule has 36 heavy (non-hydrogen) atoms. The minimum atomic E-state index is -0.418. The van der Waals surface area contributed by atoms with Crippen LogP contribution >= 0.6 is 23.2 Å². The predicted octanol–water partition coefficient (Wildman–Crippen LogP) is 7.55. The molecule has 0 atom stereocenters. The van der Waals surface area contributed by atoms with Crippen LogP contribution in [0, 0.1) is 10.8 Å². The Labute approximate surface area is 222 Å². The van der Waals surface area contributed by atoms with E-state index in [0.717, 1.165) is 35.4 Å². The molecule has 0 radical (unpaired) electrons. The molecule has 0 spiro atoms. The van der Waals surface area contributed by atoms with Gasteiger partial charge >= 0.3 is 0 Å². The van der Waals surface area contributed by atoms with Crippen molar-refractivity contribution in [3.63, 3.8) is 0 Å². The van der Waals surface area contributed by atoms with Gasteiger partial charge in [0, 0.05) is 51.9 Å². The maximum atomic E-state index is 13.5. The van der Waals surface area contributed by atoms with Crippen LogP contribution in [0.2, 0.25) is 10.0 Å². The zero-order chi connectivity index (χ0) is 25.8. The highest BCUT2D eigenvalue weighted by atomic mass is 35.5. The summed E-state index contributed by atoms with van der Waals surface area (Å²) in [7, 11) is 0. The van der Waals surface area contributed by atoms with E-state index in [0.29, 0.717) is 39.8 Å². The molecule has 5 rings (SSSR count). The molecule has 0 saturated carbocycles. The summed E-state index contributed by atoms with van der Waals surface area (Å²) in [6.07, 6.45) is 2.45. The number of nitrogens with one attached hydrogen (secondary N) is 1. The topological polar surface area (TPSA) is 55.4 Å². The minimum Gasteiger partial charge on any atom is -0.487 e. The molecule has 6 heteroatoms. The molecule has 1 N–H and O–H groups in total. The Morgan fingerprint density at radius 3 is 1.97 bits per heavy atom. The molecule has 2 aromatic carbocycles. The van der Waals surface area contributed by atoms with Crippen LogP contribution in [0.1, 0.15) is 70.4 Å². The SMILES string of the molecule is CC1(C)CC(=O)C2=C(C1)NC1=C(C(=O)CC(C)(C)C1)C2c1ccc(OCc2ccccc2Cl)c(Cl)c1. The lowest BCUT2D eigenvalue weighted by molar-refractivity contribution is -0.119. The fourth-order valence-electron chi connectivity index (χ4n) is 5.81. The number of dihydropyridines is 1. The zero-order valence-corrected chi connectivity index (χ0v) is 22.6. The molecule has 1 aliphatic heterocycles. The van der Waals surface area contributed by atoms with Crippen molar-refractivity contribution in [2.24, 2.45) is 10.8 Å². The number of halogens is 2. The third-order valence-corrected chi connectivity index (χ3v) is 8.01. The van der Waals surface area contributed by atoms with E-state index in [1.165, 1.54) is 0 Å². The molecule has 0 aromatic heterocycles. The van der Waals surface area contributed by atoms with Gasteiger partial charge in [0.25, 0.3) is 0 Å². The zero-order valence-electron chi connectivity index (χ0n) is 21.1. The van der Waals surface area contributed by atoms with Crippen molar-refractivity contribution in [1.29, 1.82) is 0 Å². The summed E-state index contributed by atoms with van der Waals surface area (Å²) < 4.78 is 5.97. The highest BCUT2D eigenvalue weighted by Gasteiger charge is 2.46. The number of ether oxygens (including phenoxy) is 1. The summed E-state index contributed by atoms with van der Waals surface area (Å²) in [5, 5.41) is 4.62. The highest BCUT2D eigenvalue weighted by molar-refractivity contribution is 6.32. The Balaban J connectivity index is 1.54. The van der Waals surface area contributed by atoms with Crippen LogP contribution in [0.5, 0.6) is 5.75 Å². The van der Waals surface area contributed by atoms with Crippen LogP contribution < -0.4 is 10.1 Å². The number of Topliss-reactive ketones (excluding diaryl/α,β-unsaturated/α-hetero) is 2. The number of hydrogen-bond acceptors (Lipinski definition) is 4. The number of hydrogen-bond donors (Lipinski definition) is 1. The highest BCUT2D eigenvalue weighted by Crippen LogP contribution is 2.51. The van der Waals surface area contributed by atoms with Gasteiger partial charge in [0.05, 0.1) is 5.02 Å². The monoisotopic (exact) mass is 523 g/mol. The average Bonchev–Trinajstić information content (AvgIpc) is 2.76. The Morgan fingerprint density at radius 2 is 1.42 bits per heavy atom. The third kappa shape index (κ3) is 4.73. The van der Waals surface area contributed by atoms with Crippen molar-refractivity contribution in [3.8, 4) is 5.75 Å². The van der Waals surface area contributed by atoms with Gasteiger partial charge in [-0.15, -0.1) is 0 Å². The number of ketones is 2. The molecule has 0 bridgehead atoms. The maximum absolute atomic E-state index is 13.5. The number of carbonyl (C=O) groups is 2. The summed E-state index contributed by atoms with van der Waals surface area (Å²) in [4.78, 5) is 27.0. The predicted molar refractivity (Wildman–Crippen MR) is 143 cm³/mol. The van der Waals surface area contributed by atoms with E-state index < -0.39 is 5.92 Å². The van der Waals surface area contributed by atoms with E-state index in [4.69, 9.17) is 27.9 Å². The summed E-state index contributed by atoms with van der Waals surface area (Å²) in [6.45, 7) is 8.76. The first-order valence-electron chi connectivity index (χ1n) is 12.4. The molecule has 1 heterocycles. The van der Waals surface area contributed by atoms with Crippen LogP contribution in [0.3, 0.4) is 0 Å². The van der Waals surface area contributed by atoms with Gasteiger partial charge in [-0.05, 0) is 47.4 Å². The van der Waals surface area contributed by atoms with E-state index in [-0.39, 0.29) is 29.0 Å².